The topological polar surface area (TPSA) is 96.6 Å². The zero-order valence-electron chi connectivity index (χ0n) is 14.4. The standard InChI is InChI=1S/C18H17F2N3O4/c1-2-10-3-4-13(12(19)7-10)22-16-11(18(25)23-27-6-5-24)8-14-17(15(16)20)21-9-26-14/h3-4,7-9,22,24H,2,5-6H2,1H3,(H,23,25). The Morgan fingerprint density at radius 1 is 1.33 bits per heavy atom. The van der Waals surface area contributed by atoms with Crippen LogP contribution in [-0.2, 0) is 11.3 Å². The predicted octanol–water partition coefficient (Wildman–Crippen LogP) is 3.07. The lowest BCUT2D eigenvalue weighted by Gasteiger charge is -2.14. The smallest absolute Gasteiger partial charge is 0.277 e. The van der Waals surface area contributed by atoms with Crippen LogP contribution < -0.4 is 10.8 Å². The molecule has 7 nitrogen and oxygen atoms in total. The summed E-state index contributed by atoms with van der Waals surface area (Å²) in [6.07, 6.45) is 1.68. The van der Waals surface area contributed by atoms with Gasteiger partial charge in [-0.05, 0) is 30.2 Å². The van der Waals surface area contributed by atoms with E-state index in [4.69, 9.17) is 14.4 Å². The van der Waals surface area contributed by atoms with Crippen molar-refractivity contribution in [1.82, 2.24) is 10.5 Å². The molecular formula is C18H17F2N3O4. The van der Waals surface area contributed by atoms with E-state index in [0.29, 0.717) is 6.42 Å². The van der Waals surface area contributed by atoms with Crippen LogP contribution in [0, 0.1) is 11.6 Å². The molecule has 3 rings (SSSR count). The number of hydrogen-bond acceptors (Lipinski definition) is 6. The second-order valence-corrected chi connectivity index (χ2v) is 5.61. The average molecular weight is 377 g/mol. The predicted molar refractivity (Wildman–Crippen MR) is 93.5 cm³/mol. The molecule has 0 unspecified atom stereocenters. The van der Waals surface area contributed by atoms with E-state index in [9.17, 15) is 13.6 Å². The van der Waals surface area contributed by atoms with Gasteiger partial charge in [0.15, 0.2) is 17.8 Å². The molecule has 3 aromatic rings. The Morgan fingerprint density at radius 3 is 2.85 bits per heavy atom. The number of amides is 1. The number of hydroxylamine groups is 1. The molecule has 27 heavy (non-hydrogen) atoms. The minimum Gasteiger partial charge on any atom is -0.443 e. The fraction of sp³-hybridized carbons (Fsp3) is 0.222. The number of carbonyl (C=O) groups is 1. The second kappa shape index (κ2) is 8.11. The number of nitrogens with one attached hydrogen (secondary N) is 2. The summed E-state index contributed by atoms with van der Waals surface area (Å²) in [6.45, 7) is 1.43. The Morgan fingerprint density at radius 2 is 2.15 bits per heavy atom. The summed E-state index contributed by atoms with van der Waals surface area (Å²) in [5.41, 5.74) is 2.36. The highest BCUT2D eigenvalue weighted by Gasteiger charge is 2.22. The van der Waals surface area contributed by atoms with Gasteiger partial charge in [-0.15, -0.1) is 0 Å². The Labute approximate surface area is 152 Å². The Bertz CT molecular complexity index is 975. The molecule has 142 valence electrons. The number of carbonyl (C=O) groups excluding carboxylic acids is 1. The van der Waals surface area contributed by atoms with Gasteiger partial charge in [0.05, 0.1) is 30.2 Å². The van der Waals surface area contributed by atoms with E-state index in [-0.39, 0.29) is 41.3 Å². The summed E-state index contributed by atoms with van der Waals surface area (Å²) >= 11 is 0. The highest BCUT2D eigenvalue weighted by atomic mass is 19.1. The fourth-order valence-corrected chi connectivity index (χ4v) is 2.50. The molecular weight excluding hydrogens is 360 g/mol. The number of fused-ring (bicyclic) bond motifs is 1. The SMILES string of the molecule is CCc1ccc(Nc2c(C(=O)NOCCO)cc3ocnc3c2F)c(F)c1. The van der Waals surface area contributed by atoms with Crippen LogP contribution in [0.4, 0.5) is 20.2 Å². The summed E-state index contributed by atoms with van der Waals surface area (Å²) < 4.78 is 34.3. The molecule has 1 amide bonds. The molecule has 0 atom stereocenters. The van der Waals surface area contributed by atoms with E-state index in [1.54, 1.807) is 6.07 Å². The number of nitrogens with zero attached hydrogens (tertiary/aromatic N) is 1. The number of aliphatic hydroxyl groups excluding tert-OH is 1. The van der Waals surface area contributed by atoms with E-state index in [0.717, 1.165) is 12.0 Å². The van der Waals surface area contributed by atoms with Crippen molar-refractivity contribution in [1.29, 1.82) is 0 Å². The van der Waals surface area contributed by atoms with Crippen LogP contribution in [0.1, 0.15) is 22.8 Å². The molecule has 9 heteroatoms. The van der Waals surface area contributed by atoms with Crippen molar-refractivity contribution in [2.45, 2.75) is 13.3 Å². The maximum absolute atomic E-state index is 14.9. The Kier molecular flexibility index (Phi) is 5.63. The fourth-order valence-electron chi connectivity index (χ4n) is 2.50. The van der Waals surface area contributed by atoms with Crippen LogP contribution in [-0.4, -0.2) is 29.2 Å². The lowest BCUT2D eigenvalue weighted by atomic mass is 10.1. The summed E-state index contributed by atoms with van der Waals surface area (Å²) in [5.74, 6) is -2.25. The number of aliphatic hydroxyl groups is 1. The first-order chi connectivity index (χ1) is 13.0. The molecule has 0 radical (unpaired) electrons. The lowest BCUT2D eigenvalue weighted by molar-refractivity contribution is 0.0169. The van der Waals surface area contributed by atoms with Gasteiger partial charge >= 0.3 is 0 Å². The van der Waals surface area contributed by atoms with Gasteiger partial charge in [-0.1, -0.05) is 13.0 Å². The van der Waals surface area contributed by atoms with Crippen LogP contribution in [0.15, 0.2) is 35.1 Å². The average Bonchev–Trinajstić information content (AvgIpc) is 3.14. The maximum atomic E-state index is 14.9. The lowest BCUT2D eigenvalue weighted by Crippen LogP contribution is -2.26. The molecule has 0 spiro atoms. The van der Waals surface area contributed by atoms with Crippen molar-refractivity contribution in [3.8, 4) is 0 Å². The van der Waals surface area contributed by atoms with E-state index in [1.807, 2.05) is 6.92 Å². The molecule has 2 aromatic carbocycles. The van der Waals surface area contributed by atoms with Gasteiger partial charge in [-0.25, -0.2) is 19.2 Å². The van der Waals surface area contributed by atoms with Crippen molar-refractivity contribution in [3.63, 3.8) is 0 Å². The summed E-state index contributed by atoms with van der Waals surface area (Å²) in [6, 6.07) is 5.76. The number of hydrogen-bond donors (Lipinski definition) is 3. The molecule has 0 aliphatic carbocycles. The molecule has 1 heterocycles. The van der Waals surface area contributed by atoms with E-state index >= 15 is 0 Å². The van der Waals surface area contributed by atoms with Gasteiger partial charge in [0.2, 0.25) is 0 Å². The van der Waals surface area contributed by atoms with Crippen LogP contribution >= 0.6 is 0 Å². The maximum Gasteiger partial charge on any atom is 0.277 e. The minimum atomic E-state index is -0.868. The first-order valence-corrected chi connectivity index (χ1v) is 8.19. The van der Waals surface area contributed by atoms with Gasteiger partial charge in [-0.2, -0.15) is 0 Å². The molecule has 0 aliphatic heterocycles. The van der Waals surface area contributed by atoms with Gasteiger partial charge in [-0.3, -0.25) is 9.63 Å². The van der Waals surface area contributed by atoms with Gasteiger partial charge < -0.3 is 14.8 Å². The van der Waals surface area contributed by atoms with E-state index < -0.39 is 17.5 Å². The van der Waals surface area contributed by atoms with Crippen molar-refractivity contribution < 1.29 is 27.9 Å². The summed E-state index contributed by atoms with van der Waals surface area (Å²) in [5, 5.41) is 11.3. The van der Waals surface area contributed by atoms with Crippen molar-refractivity contribution in [2.24, 2.45) is 0 Å². The number of rotatable bonds is 7. The van der Waals surface area contributed by atoms with Crippen molar-refractivity contribution in [2.75, 3.05) is 18.5 Å². The molecule has 0 aliphatic rings. The van der Waals surface area contributed by atoms with Crippen LogP contribution in [0.2, 0.25) is 0 Å². The second-order valence-electron chi connectivity index (χ2n) is 5.61. The number of aryl methyl sites for hydroxylation is 1. The normalized spacial score (nSPS) is 11.0. The largest absolute Gasteiger partial charge is 0.443 e. The minimum absolute atomic E-state index is 0.000675. The Hall–Kier alpha value is -3.04. The van der Waals surface area contributed by atoms with Gasteiger partial charge in [0.1, 0.15) is 11.3 Å². The number of oxazole rings is 1. The zero-order chi connectivity index (χ0) is 19.4. The summed E-state index contributed by atoms with van der Waals surface area (Å²) in [7, 11) is 0. The third-order valence-corrected chi connectivity index (χ3v) is 3.87. The number of benzene rings is 2. The highest BCUT2D eigenvalue weighted by Crippen LogP contribution is 2.31. The summed E-state index contributed by atoms with van der Waals surface area (Å²) in [4.78, 5) is 20.9. The van der Waals surface area contributed by atoms with Crippen LogP contribution in [0.3, 0.4) is 0 Å². The van der Waals surface area contributed by atoms with E-state index in [1.165, 1.54) is 18.2 Å². The van der Waals surface area contributed by atoms with Crippen molar-refractivity contribution in [3.05, 3.63) is 53.4 Å². The first-order valence-electron chi connectivity index (χ1n) is 8.19. The first kappa shape index (κ1) is 18.7. The quantitative estimate of drug-likeness (QED) is 0.433. The number of anilines is 2. The van der Waals surface area contributed by atoms with Crippen LogP contribution in [0.5, 0.6) is 0 Å². The molecule has 0 bridgehead atoms. The highest BCUT2D eigenvalue weighted by molar-refractivity contribution is 6.03. The van der Waals surface area contributed by atoms with E-state index in [2.05, 4.69) is 15.8 Å². The van der Waals surface area contributed by atoms with Crippen molar-refractivity contribution >= 4 is 28.4 Å². The van der Waals surface area contributed by atoms with Gasteiger partial charge in [0.25, 0.3) is 5.91 Å². The molecule has 0 saturated carbocycles. The third-order valence-electron chi connectivity index (χ3n) is 3.87. The molecule has 0 saturated heterocycles. The molecule has 0 fully saturated rings. The monoisotopic (exact) mass is 377 g/mol. The molecule has 3 N–H and O–H groups in total. The van der Waals surface area contributed by atoms with Gasteiger partial charge in [0, 0.05) is 0 Å². The third kappa shape index (κ3) is 3.88. The van der Waals surface area contributed by atoms with Crippen LogP contribution in [0.25, 0.3) is 11.1 Å². The number of halogens is 2. The number of aromatic nitrogens is 1. The Balaban J connectivity index is 2.02. The molecule has 1 aromatic heterocycles. The zero-order valence-corrected chi connectivity index (χ0v) is 14.4.